The Labute approximate surface area is 104 Å². The molecule has 0 aliphatic carbocycles. The molecule has 0 saturated heterocycles. The van der Waals surface area contributed by atoms with Crippen molar-refractivity contribution in [1.82, 2.24) is 0 Å². The van der Waals surface area contributed by atoms with Gasteiger partial charge in [-0.2, -0.15) is 0 Å². The fourth-order valence-corrected chi connectivity index (χ4v) is 1.38. The molecule has 5 heteroatoms. The predicted octanol–water partition coefficient (Wildman–Crippen LogP) is 1.44. The van der Waals surface area contributed by atoms with Crippen molar-refractivity contribution in [2.24, 2.45) is 0 Å². The number of nitrogens with zero attached hydrogens (tertiary/aromatic N) is 1. The highest BCUT2D eigenvalue weighted by molar-refractivity contribution is 7.84. The number of quaternary nitrogens is 1. The van der Waals surface area contributed by atoms with Crippen LogP contribution < -0.4 is 0 Å². The van der Waals surface area contributed by atoms with Crippen molar-refractivity contribution < 1.29 is 17.5 Å². The SMILES string of the molecule is CC[N+](C)(C)C.O=S(=O)([O-])Cc1ccccc1. The van der Waals surface area contributed by atoms with Gasteiger partial charge in [0.2, 0.25) is 0 Å². The lowest BCUT2D eigenvalue weighted by Crippen LogP contribution is -2.33. The van der Waals surface area contributed by atoms with E-state index >= 15 is 0 Å². The Balaban J connectivity index is 0.000000366. The molecule has 0 unspecified atom stereocenters. The largest absolute Gasteiger partial charge is 0.748 e. The molecule has 0 N–H and O–H groups in total. The van der Waals surface area contributed by atoms with Crippen LogP contribution >= 0.6 is 0 Å². The number of hydrogen-bond acceptors (Lipinski definition) is 3. The second kappa shape index (κ2) is 6.74. The van der Waals surface area contributed by atoms with Crippen molar-refractivity contribution in [2.45, 2.75) is 12.7 Å². The minimum Gasteiger partial charge on any atom is -0.748 e. The summed E-state index contributed by atoms with van der Waals surface area (Å²) < 4.78 is 31.8. The lowest BCUT2D eigenvalue weighted by molar-refractivity contribution is -0.868. The fraction of sp³-hybridized carbons (Fsp3) is 0.500. The zero-order valence-electron chi connectivity index (χ0n) is 10.9. The van der Waals surface area contributed by atoms with Crippen molar-refractivity contribution in [2.75, 3.05) is 27.7 Å². The first-order chi connectivity index (χ1) is 7.64. The third kappa shape index (κ3) is 11.4. The molecule has 0 spiro atoms. The van der Waals surface area contributed by atoms with E-state index in [0.29, 0.717) is 5.56 Å². The first-order valence-corrected chi connectivity index (χ1v) is 7.00. The highest BCUT2D eigenvalue weighted by atomic mass is 32.2. The molecule has 1 aromatic rings. The zero-order chi connectivity index (χ0) is 13.5. The van der Waals surface area contributed by atoms with Gasteiger partial charge in [0.05, 0.1) is 43.6 Å². The van der Waals surface area contributed by atoms with E-state index in [-0.39, 0.29) is 0 Å². The summed E-state index contributed by atoms with van der Waals surface area (Å²) in [4.78, 5) is 0. The van der Waals surface area contributed by atoms with Gasteiger partial charge in [0.1, 0.15) is 0 Å². The highest BCUT2D eigenvalue weighted by Gasteiger charge is 1.97. The Hall–Kier alpha value is -0.910. The topological polar surface area (TPSA) is 57.2 Å². The van der Waals surface area contributed by atoms with Gasteiger partial charge in [-0.15, -0.1) is 0 Å². The number of hydrogen-bond donors (Lipinski definition) is 0. The standard InChI is InChI=1S/C7H8O3S.C5H14N/c8-11(9,10)6-7-4-2-1-3-5-7;1-5-6(2,3)4/h1-5H,6H2,(H,8,9,10);5H2,1-4H3/q;+1/p-1. The molecule has 0 aromatic heterocycles. The van der Waals surface area contributed by atoms with Crippen LogP contribution in [-0.2, 0) is 15.9 Å². The van der Waals surface area contributed by atoms with E-state index in [2.05, 4.69) is 28.1 Å². The summed E-state index contributed by atoms with van der Waals surface area (Å²) in [5.41, 5.74) is 0.530. The maximum atomic E-state index is 10.2. The molecule has 98 valence electrons. The number of rotatable bonds is 3. The van der Waals surface area contributed by atoms with Gasteiger partial charge < -0.3 is 9.04 Å². The van der Waals surface area contributed by atoms with Crippen LogP contribution in [0.5, 0.6) is 0 Å². The normalized spacial score (nSPS) is 11.6. The first-order valence-electron chi connectivity index (χ1n) is 5.42. The van der Waals surface area contributed by atoms with E-state index in [4.69, 9.17) is 0 Å². The molecule has 0 saturated carbocycles. The highest BCUT2D eigenvalue weighted by Crippen LogP contribution is 2.02. The summed E-state index contributed by atoms with van der Waals surface area (Å²) >= 11 is 0. The Morgan fingerprint density at radius 3 is 1.82 bits per heavy atom. The lowest BCUT2D eigenvalue weighted by Gasteiger charge is -2.20. The van der Waals surface area contributed by atoms with Crippen LogP contribution in [0.2, 0.25) is 0 Å². The zero-order valence-corrected chi connectivity index (χ0v) is 11.7. The van der Waals surface area contributed by atoms with Gasteiger partial charge in [-0.05, 0) is 12.5 Å². The molecule has 17 heavy (non-hydrogen) atoms. The molecule has 0 aliphatic heterocycles. The summed E-state index contributed by atoms with van der Waals surface area (Å²) in [5.74, 6) is -0.423. The van der Waals surface area contributed by atoms with Crippen LogP contribution in [0.15, 0.2) is 30.3 Å². The molecule has 0 aliphatic rings. The number of benzene rings is 1. The Kier molecular flexibility index (Phi) is 6.37. The van der Waals surface area contributed by atoms with Gasteiger partial charge in [-0.3, -0.25) is 0 Å². The summed E-state index contributed by atoms with van der Waals surface area (Å²) in [5, 5.41) is 0. The third-order valence-corrected chi connectivity index (χ3v) is 2.82. The van der Waals surface area contributed by atoms with Gasteiger partial charge >= 0.3 is 0 Å². The molecule has 0 atom stereocenters. The maximum absolute atomic E-state index is 10.2. The lowest BCUT2D eigenvalue weighted by atomic mass is 10.2. The van der Waals surface area contributed by atoms with Crippen molar-refractivity contribution in [3.05, 3.63) is 35.9 Å². The fourth-order valence-electron chi connectivity index (χ4n) is 0.778. The molecule has 0 radical (unpaired) electrons. The van der Waals surface area contributed by atoms with E-state index in [1.54, 1.807) is 30.3 Å². The summed E-state index contributed by atoms with van der Waals surface area (Å²) in [7, 11) is 2.41. The molecule has 0 bridgehead atoms. The van der Waals surface area contributed by atoms with E-state index in [9.17, 15) is 13.0 Å². The van der Waals surface area contributed by atoms with Crippen LogP contribution in [0, 0.1) is 0 Å². The van der Waals surface area contributed by atoms with Crippen LogP contribution in [0.4, 0.5) is 0 Å². The minimum atomic E-state index is -4.13. The van der Waals surface area contributed by atoms with Crippen LogP contribution in [0.25, 0.3) is 0 Å². The van der Waals surface area contributed by atoms with Crippen molar-refractivity contribution in [3.8, 4) is 0 Å². The van der Waals surface area contributed by atoms with Crippen LogP contribution in [-0.4, -0.2) is 45.1 Å². The molecule has 4 nitrogen and oxygen atoms in total. The van der Waals surface area contributed by atoms with E-state index < -0.39 is 15.9 Å². The van der Waals surface area contributed by atoms with E-state index in [0.717, 1.165) is 4.48 Å². The monoisotopic (exact) mass is 259 g/mol. The van der Waals surface area contributed by atoms with Gasteiger partial charge in [0.25, 0.3) is 0 Å². The van der Waals surface area contributed by atoms with Gasteiger partial charge in [-0.25, -0.2) is 8.42 Å². The van der Waals surface area contributed by atoms with E-state index in [1.165, 1.54) is 6.54 Å². The third-order valence-electron chi connectivity index (χ3n) is 2.13. The predicted molar refractivity (Wildman–Crippen MR) is 68.4 cm³/mol. The van der Waals surface area contributed by atoms with Gasteiger partial charge in [-0.1, -0.05) is 30.3 Å². The minimum absolute atomic E-state index is 0.423. The molecule has 0 heterocycles. The van der Waals surface area contributed by atoms with E-state index in [1.807, 2.05) is 0 Å². The summed E-state index contributed by atoms with van der Waals surface area (Å²) in [6.45, 7) is 3.39. The van der Waals surface area contributed by atoms with Crippen molar-refractivity contribution in [1.29, 1.82) is 0 Å². The average Bonchev–Trinajstić information content (AvgIpc) is 2.16. The Morgan fingerprint density at radius 1 is 1.12 bits per heavy atom. The van der Waals surface area contributed by atoms with Crippen LogP contribution in [0.3, 0.4) is 0 Å². The maximum Gasteiger partial charge on any atom is 0.0988 e. The van der Waals surface area contributed by atoms with Gasteiger partial charge in [0.15, 0.2) is 0 Å². The van der Waals surface area contributed by atoms with Crippen LogP contribution in [0.1, 0.15) is 12.5 Å². The van der Waals surface area contributed by atoms with Crippen molar-refractivity contribution >= 4 is 10.1 Å². The van der Waals surface area contributed by atoms with Crippen molar-refractivity contribution in [3.63, 3.8) is 0 Å². The van der Waals surface area contributed by atoms with Gasteiger partial charge in [0, 0.05) is 0 Å². The second-order valence-electron chi connectivity index (χ2n) is 4.79. The second-order valence-corrected chi connectivity index (χ2v) is 6.20. The summed E-state index contributed by atoms with van der Waals surface area (Å²) in [6, 6.07) is 8.37. The molecular weight excluding hydrogens is 238 g/mol. The molecule has 1 rings (SSSR count). The molecule has 0 fully saturated rings. The smallest absolute Gasteiger partial charge is 0.0988 e. The summed E-state index contributed by atoms with van der Waals surface area (Å²) in [6.07, 6.45) is 0. The molecule has 0 amide bonds. The molecule has 1 aromatic carbocycles. The first kappa shape index (κ1) is 16.1. The average molecular weight is 259 g/mol. The molecular formula is C12H21NO3S. The Morgan fingerprint density at radius 2 is 1.53 bits per heavy atom. The Bertz CT molecular complexity index is 407. The quantitative estimate of drug-likeness (QED) is 0.609.